The summed E-state index contributed by atoms with van der Waals surface area (Å²) in [4.78, 5) is 37.6. The molecular formula is C21H23N3O3. The molecule has 0 unspecified atom stereocenters. The Kier molecular flexibility index (Phi) is 5.54. The minimum absolute atomic E-state index is 0.0413. The molecule has 1 saturated heterocycles. The lowest BCUT2D eigenvalue weighted by atomic mass is 10.1. The van der Waals surface area contributed by atoms with Crippen LogP contribution in [-0.2, 0) is 20.8 Å². The van der Waals surface area contributed by atoms with Crippen molar-refractivity contribution in [2.75, 3.05) is 22.1 Å². The zero-order valence-corrected chi connectivity index (χ0v) is 15.5. The second-order valence-electron chi connectivity index (χ2n) is 6.67. The fourth-order valence-electron chi connectivity index (χ4n) is 3.13. The number of hydrogen-bond donors (Lipinski definition) is 2. The Morgan fingerprint density at radius 2 is 1.59 bits per heavy atom. The van der Waals surface area contributed by atoms with E-state index in [-0.39, 0.29) is 24.1 Å². The smallest absolute Gasteiger partial charge is 0.229 e. The maximum Gasteiger partial charge on any atom is 0.229 e. The molecule has 1 heterocycles. The Hall–Kier alpha value is -3.15. The molecule has 27 heavy (non-hydrogen) atoms. The molecule has 3 amide bonds. The van der Waals surface area contributed by atoms with Gasteiger partial charge in [-0.1, -0.05) is 19.1 Å². The lowest BCUT2D eigenvalue weighted by Gasteiger charge is -2.17. The van der Waals surface area contributed by atoms with Crippen LogP contribution in [0.3, 0.4) is 0 Å². The van der Waals surface area contributed by atoms with Gasteiger partial charge in [-0.05, 0) is 48.4 Å². The molecular weight excluding hydrogens is 342 g/mol. The number of benzene rings is 2. The zero-order valence-electron chi connectivity index (χ0n) is 15.5. The third kappa shape index (κ3) is 4.53. The first-order valence-electron chi connectivity index (χ1n) is 9.04. The number of nitrogens with one attached hydrogen (secondary N) is 2. The van der Waals surface area contributed by atoms with Crippen LogP contribution in [0.4, 0.5) is 17.1 Å². The molecule has 0 aliphatic carbocycles. The van der Waals surface area contributed by atoms with Gasteiger partial charge < -0.3 is 15.5 Å². The van der Waals surface area contributed by atoms with Crippen molar-refractivity contribution in [3.8, 4) is 0 Å². The molecule has 0 bridgehead atoms. The molecule has 0 saturated carbocycles. The standard InChI is InChI=1S/C21H23N3O3/c1-3-15-4-10-19(11-5-15)24-13-16(12-20(24)26)21(27)23-18-8-6-17(7-9-18)22-14(2)25/h4-11,16H,3,12-13H2,1-2H3,(H,22,25)(H,23,27)/t16-/m1/s1. The lowest BCUT2D eigenvalue weighted by Crippen LogP contribution is -2.28. The summed E-state index contributed by atoms with van der Waals surface area (Å²) in [6.45, 7) is 3.90. The van der Waals surface area contributed by atoms with E-state index in [0.717, 1.165) is 12.1 Å². The first kappa shape index (κ1) is 18.6. The summed E-state index contributed by atoms with van der Waals surface area (Å²) in [6.07, 6.45) is 1.14. The second-order valence-corrected chi connectivity index (χ2v) is 6.67. The third-order valence-corrected chi connectivity index (χ3v) is 4.62. The first-order valence-corrected chi connectivity index (χ1v) is 9.04. The predicted molar refractivity (Wildman–Crippen MR) is 106 cm³/mol. The number of carbonyl (C=O) groups is 3. The summed E-state index contributed by atoms with van der Waals surface area (Å²) < 4.78 is 0. The van der Waals surface area contributed by atoms with E-state index >= 15 is 0 Å². The molecule has 2 aromatic rings. The van der Waals surface area contributed by atoms with Crippen LogP contribution in [0.2, 0.25) is 0 Å². The Morgan fingerprint density at radius 1 is 1.00 bits per heavy atom. The number of amides is 3. The summed E-state index contributed by atoms with van der Waals surface area (Å²) >= 11 is 0. The van der Waals surface area contributed by atoms with Crippen LogP contribution in [0, 0.1) is 5.92 Å². The summed E-state index contributed by atoms with van der Waals surface area (Å²) in [7, 11) is 0. The van der Waals surface area contributed by atoms with Gasteiger partial charge in [0, 0.05) is 37.0 Å². The Bertz CT molecular complexity index is 844. The van der Waals surface area contributed by atoms with Crippen LogP contribution < -0.4 is 15.5 Å². The van der Waals surface area contributed by atoms with E-state index in [4.69, 9.17) is 0 Å². The van der Waals surface area contributed by atoms with E-state index < -0.39 is 5.92 Å². The highest BCUT2D eigenvalue weighted by Crippen LogP contribution is 2.26. The number of aryl methyl sites for hydroxylation is 1. The SMILES string of the molecule is CCc1ccc(N2C[C@H](C(=O)Nc3ccc(NC(C)=O)cc3)CC2=O)cc1. The van der Waals surface area contributed by atoms with Gasteiger partial charge in [0.1, 0.15) is 0 Å². The molecule has 1 atom stereocenters. The fraction of sp³-hybridized carbons (Fsp3) is 0.286. The van der Waals surface area contributed by atoms with Gasteiger partial charge in [-0.25, -0.2) is 0 Å². The second kappa shape index (κ2) is 8.03. The van der Waals surface area contributed by atoms with Crippen LogP contribution in [0.15, 0.2) is 48.5 Å². The van der Waals surface area contributed by atoms with Crippen molar-refractivity contribution >= 4 is 34.8 Å². The Balaban J connectivity index is 1.62. The average Bonchev–Trinajstić information content (AvgIpc) is 3.05. The number of carbonyl (C=O) groups excluding carboxylic acids is 3. The van der Waals surface area contributed by atoms with Crippen molar-refractivity contribution in [1.82, 2.24) is 0 Å². The fourth-order valence-corrected chi connectivity index (χ4v) is 3.13. The van der Waals surface area contributed by atoms with Crippen LogP contribution in [-0.4, -0.2) is 24.3 Å². The van der Waals surface area contributed by atoms with Gasteiger partial charge in [0.15, 0.2) is 0 Å². The minimum Gasteiger partial charge on any atom is -0.326 e. The highest BCUT2D eigenvalue weighted by molar-refractivity contribution is 6.03. The van der Waals surface area contributed by atoms with E-state index in [2.05, 4.69) is 17.6 Å². The van der Waals surface area contributed by atoms with Crippen molar-refractivity contribution in [2.45, 2.75) is 26.7 Å². The van der Waals surface area contributed by atoms with Crippen molar-refractivity contribution in [3.05, 3.63) is 54.1 Å². The van der Waals surface area contributed by atoms with E-state index in [1.807, 2.05) is 24.3 Å². The van der Waals surface area contributed by atoms with Crippen molar-refractivity contribution in [1.29, 1.82) is 0 Å². The molecule has 0 aromatic heterocycles. The molecule has 3 rings (SSSR count). The lowest BCUT2D eigenvalue weighted by molar-refractivity contribution is -0.122. The summed E-state index contributed by atoms with van der Waals surface area (Å²) in [5.74, 6) is -0.759. The summed E-state index contributed by atoms with van der Waals surface area (Å²) in [6, 6.07) is 14.8. The number of anilines is 3. The molecule has 2 aromatic carbocycles. The molecule has 0 radical (unpaired) electrons. The monoisotopic (exact) mass is 365 g/mol. The normalized spacial score (nSPS) is 16.3. The van der Waals surface area contributed by atoms with Crippen molar-refractivity contribution < 1.29 is 14.4 Å². The largest absolute Gasteiger partial charge is 0.326 e. The van der Waals surface area contributed by atoms with Gasteiger partial charge in [-0.3, -0.25) is 14.4 Å². The Morgan fingerprint density at radius 3 is 2.15 bits per heavy atom. The van der Waals surface area contributed by atoms with Crippen molar-refractivity contribution in [3.63, 3.8) is 0 Å². The number of rotatable bonds is 5. The average molecular weight is 365 g/mol. The van der Waals surface area contributed by atoms with E-state index in [0.29, 0.717) is 17.9 Å². The van der Waals surface area contributed by atoms with E-state index in [9.17, 15) is 14.4 Å². The molecule has 1 aliphatic rings. The number of hydrogen-bond acceptors (Lipinski definition) is 3. The third-order valence-electron chi connectivity index (χ3n) is 4.62. The van der Waals surface area contributed by atoms with E-state index in [1.165, 1.54) is 12.5 Å². The van der Waals surface area contributed by atoms with Crippen LogP contribution in [0.25, 0.3) is 0 Å². The molecule has 140 valence electrons. The highest BCUT2D eigenvalue weighted by atomic mass is 16.2. The van der Waals surface area contributed by atoms with Crippen LogP contribution >= 0.6 is 0 Å². The summed E-state index contributed by atoms with van der Waals surface area (Å²) in [5.41, 5.74) is 3.33. The summed E-state index contributed by atoms with van der Waals surface area (Å²) in [5, 5.41) is 5.52. The topological polar surface area (TPSA) is 78.5 Å². The predicted octanol–water partition coefficient (Wildman–Crippen LogP) is 3.20. The van der Waals surface area contributed by atoms with Gasteiger partial charge in [-0.2, -0.15) is 0 Å². The molecule has 6 heteroatoms. The maximum absolute atomic E-state index is 12.5. The molecule has 0 spiro atoms. The molecule has 6 nitrogen and oxygen atoms in total. The van der Waals surface area contributed by atoms with Gasteiger partial charge >= 0.3 is 0 Å². The first-order chi connectivity index (χ1) is 13.0. The Labute approximate surface area is 158 Å². The van der Waals surface area contributed by atoms with E-state index in [1.54, 1.807) is 29.2 Å². The van der Waals surface area contributed by atoms with Crippen LogP contribution in [0.1, 0.15) is 25.8 Å². The quantitative estimate of drug-likeness (QED) is 0.854. The molecule has 2 N–H and O–H groups in total. The zero-order chi connectivity index (χ0) is 19.4. The molecule has 1 fully saturated rings. The van der Waals surface area contributed by atoms with Gasteiger partial charge in [0.05, 0.1) is 5.92 Å². The van der Waals surface area contributed by atoms with Gasteiger partial charge in [0.2, 0.25) is 17.7 Å². The van der Waals surface area contributed by atoms with Gasteiger partial charge in [-0.15, -0.1) is 0 Å². The minimum atomic E-state index is -0.390. The van der Waals surface area contributed by atoms with Gasteiger partial charge in [0.25, 0.3) is 0 Å². The highest BCUT2D eigenvalue weighted by Gasteiger charge is 2.35. The maximum atomic E-state index is 12.5. The number of nitrogens with zero attached hydrogens (tertiary/aromatic N) is 1. The van der Waals surface area contributed by atoms with Crippen LogP contribution in [0.5, 0.6) is 0 Å². The van der Waals surface area contributed by atoms with Crippen molar-refractivity contribution in [2.24, 2.45) is 5.92 Å². The molecule has 1 aliphatic heterocycles.